The van der Waals surface area contributed by atoms with E-state index in [0.717, 1.165) is 20.2 Å². The number of hydrogen-bond acceptors (Lipinski definition) is 1. The van der Waals surface area contributed by atoms with Crippen LogP contribution in [0, 0.1) is 9.39 Å². The average Bonchev–Trinajstić information content (AvgIpc) is 2.42. The maximum absolute atomic E-state index is 14.2. The second-order valence-corrected chi connectivity index (χ2v) is 6.84. The molecule has 0 heterocycles. The largest absolute Gasteiger partial charge is 0.306 e. The molecule has 0 radical (unpaired) electrons. The van der Waals surface area contributed by atoms with Gasteiger partial charge in [-0.3, -0.25) is 0 Å². The lowest BCUT2D eigenvalue weighted by molar-refractivity contribution is 0.557. The Bertz CT molecular complexity index is 569. The first-order valence-electron chi connectivity index (χ1n) is 6.16. The molecule has 0 aliphatic carbocycles. The van der Waals surface area contributed by atoms with Crippen molar-refractivity contribution in [1.29, 1.82) is 0 Å². The van der Waals surface area contributed by atoms with E-state index in [0.29, 0.717) is 10.6 Å². The molecule has 2 rings (SSSR count). The van der Waals surface area contributed by atoms with Crippen LogP contribution in [0.25, 0.3) is 0 Å². The van der Waals surface area contributed by atoms with Gasteiger partial charge in [-0.1, -0.05) is 34.5 Å². The molecule has 1 nitrogen and oxygen atoms in total. The topological polar surface area (TPSA) is 12.0 Å². The van der Waals surface area contributed by atoms with Gasteiger partial charge in [0.15, 0.2) is 0 Å². The highest BCUT2D eigenvalue weighted by Gasteiger charge is 2.20. The SMILES string of the molecule is CCNC(c1cc(Br)ccc1F)c1cc(Cl)ccc1I. The highest BCUT2D eigenvalue weighted by atomic mass is 127. The predicted molar refractivity (Wildman–Crippen MR) is 93.8 cm³/mol. The Morgan fingerprint density at radius 3 is 2.70 bits per heavy atom. The third-order valence-corrected chi connectivity index (χ3v) is 4.66. The summed E-state index contributed by atoms with van der Waals surface area (Å²) in [5.41, 5.74) is 1.60. The van der Waals surface area contributed by atoms with Crippen molar-refractivity contribution in [3.8, 4) is 0 Å². The Hall–Kier alpha value is -0.170. The van der Waals surface area contributed by atoms with Crippen molar-refractivity contribution in [3.05, 3.63) is 66.4 Å². The van der Waals surface area contributed by atoms with Crippen molar-refractivity contribution in [2.45, 2.75) is 13.0 Å². The quantitative estimate of drug-likeness (QED) is 0.581. The summed E-state index contributed by atoms with van der Waals surface area (Å²) in [7, 11) is 0. The van der Waals surface area contributed by atoms with Gasteiger partial charge >= 0.3 is 0 Å². The summed E-state index contributed by atoms with van der Waals surface area (Å²) in [6, 6.07) is 10.4. The minimum atomic E-state index is -0.227. The van der Waals surface area contributed by atoms with Crippen LogP contribution in [0.15, 0.2) is 40.9 Å². The van der Waals surface area contributed by atoms with Crippen molar-refractivity contribution in [2.75, 3.05) is 6.54 Å². The molecule has 0 spiro atoms. The van der Waals surface area contributed by atoms with Gasteiger partial charge in [-0.05, 0) is 71.1 Å². The average molecular weight is 469 g/mol. The monoisotopic (exact) mass is 467 g/mol. The van der Waals surface area contributed by atoms with Crippen LogP contribution in [0.4, 0.5) is 4.39 Å². The standard InChI is InChI=1S/C15H13BrClFIN/c1-2-20-15(11-7-9(16)3-5-13(11)18)12-8-10(17)4-6-14(12)19/h3-8,15,20H,2H2,1H3. The first kappa shape index (κ1) is 16.2. The fraction of sp³-hybridized carbons (Fsp3) is 0.200. The van der Waals surface area contributed by atoms with E-state index < -0.39 is 0 Å². The molecule has 0 saturated carbocycles. The third-order valence-electron chi connectivity index (χ3n) is 2.95. The van der Waals surface area contributed by atoms with Gasteiger partial charge < -0.3 is 5.32 Å². The molecule has 1 N–H and O–H groups in total. The van der Waals surface area contributed by atoms with Gasteiger partial charge in [-0.15, -0.1) is 0 Å². The summed E-state index contributed by atoms with van der Waals surface area (Å²) in [6.45, 7) is 2.74. The molecule has 0 amide bonds. The van der Waals surface area contributed by atoms with Crippen molar-refractivity contribution in [1.82, 2.24) is 5.32 Å². The molecule has 1 unspecified atom stereocenters. The van der Waals surface area contributed by atoms with E-state index in [4.69, 9.17) is 11.6 Å². The zero-order valence-corrected chi connectivity index (χ0v) is 15.3. The fourth-order valence-electron chi connectivity index (χ4n) is 2.06. The molecule has 0 aliphatic rings. The summed E-state index contributed by atoms with van der Waals surface area (Å²) >= 11 is 11.7. The first-order valence-corrected chi connectivity index (χ1v) is 8.41. The van der Waals surface area contributed by atoms with Crippen LogP contribution < -0.4 is 5.32 Å². The Kier molecular flexibility index (Phi) is 5.84. The lowest BCUT2D eigenvalue weighted by Gasteiger charge is -2.21. The van der Waals surface area contributed by atoms with Gasteiger partial charge in [0, 0.05) is 18.6 Å². The van der Waals surface area contributed by atoms with Crippen molar-refractivity contribution < 1.29 is 4.39 Å². The molecule has 0 aliphatic heterocycles. The Balaban J connectivity index is 2.55. The number of halogens is 4. The molecule has 2 aromatic carbocycles. The van der Waals surface area contributed by atoms with Gasteiger partial charge in [0.2, 0.25) is 0 Å². The summed E-state index contributed by atoms with van der Waals surface area (Å²) in [4.78, 5) is 0. The van der Waals surface area contributed by atoms with E-state index in [1.807, 2.05) is 25.1 Å². The van der Waals surface area contributed by atoms with E-state index in [1.165, 1.54) is 6.07 Å². The minimum Gasteiger partial charge on any atom is -0.306 e. The molecule has 2 aromatic rings. The van der Waals surface area contributed by atoms with Gasteiger partial charge in [0.25, 0.3) is 0 Å². The molecule has 0 bridgehead atoms. The maximum Gasteiger partial charge on any atom is 0.128 e. The fourth-order valence-corrected chi connectivity index (χ4v) is 3.27. The van der Waals surface area contributed by atoms with E-state index in [-0.39, 0.29) is 11.9 Å². The maximum atomic E-state index is 14.2. The number of benzene rings is 2. The molecular formula is C15H13BrClFIN. The van der Waals surface area contributed by atoms with E-state index >= 15 is 0 Å². The van der Waals surface area contributed by atoms with Crippen LogP contribution in [-0.4, -0.2) is 6.54 Å². The summed E-state index contributed by atoms with van der Waals surface area (Å²) in [6.07, 6.45) is 0. The zero-order chi connectivity index (χ0) is 14.7. The van der Waals surface area contributed by atoms with Crippen LogP contribution in [0.1, 0.15) is 24.1 Å². The molecule has 1 atom stereocenters. The summed E-state index contributed by atoms with van der Waals surface area (Å²) < 4.78 is 16.1. The Morgan fingerprint density at radius 2 is 2.00 bits per heavy atom. The second-order valence-electron chi connectivity index (χ2n) is 4.32. The van der Waals surface area contributed by atoms with Gasteiger partial charge in [-0.25, -0.2) is 4.39 Å². The Morgan fingerprint density at radius 1 is 1.25 bits per heavy atom. The molecule has 5 heteroatoms. The van der Waals surface area contributed by atoms with Crippen LogP contribution in [0.2, 0.25) is 5.02 Å². The van der Waals surface area contributed by atoms with Crippen molar-refractivity contribution in [3.63, 3.8) is 0 Å². The van der Waals surface area contributed by atoms with E-state index in [1.54, 1.807) is 12.1 Å². The molecule has 0 fully saturated rings. The molecule has 0 saturated heterocycles. The smallest absolute Gasteiger partial charge is 0.128 e. The molecular weight excluding hydrogens is 455 g/mol. The molecule has 0 aromatic heterocycles. The number of hydrogen-bond donors (Lipinski definition) is 1. The summed E-state index contributed by atoms with van der Waals surface area (Å²) in [5.74, 6) is -0.227. The van der Waals surface area contributed by atoms with Crippen molar-refractivity contribution >= 4 is 50.1 Å². The van der Waals surface area contributed by atoms with Crippen LogP contribution in [0.5, 0.6) is 0 Å². The zero-order valence-electron chi connectivity index (χ0n) is 10.8. The lowest BCUT2D eigenvalue weighted by Crippen LogP contribution is -2.24. The minimum absolute atomic E-state index is 0.219. The van der Waals surface area contributed by atoms with Gasteiger partial charge in [0.05, 0.1) is 6.04 Å². The predicted octanol–water partition coefficient (Wildman–Crippen LogP) is 5.55. The van der Waals surface area contributed by atoms with Crippen LogP contribution >= 0.6 is 50.1 Å². The first-order chi connectivity index (χ1) is 9.52. The number of nitrogens with one attached hydrogen (secondary N) is 1. The Labute approximate surface area is 145 Å². The highest BCUT2D eigenvalue weighted by molar-refractivity contribution is 14.1. The molecule has 20 heavy (non-hydrogen) atoms. The van der Waals surface area contributed by atoms with Crippen LogP contribution in [-0.2, 0) is 0 Å². The second kappa shape index (κ2) is 7.20. The van der Waals surface area contributed by atoms with Crippen LogP contribution in [0.3, 0.4) is 0 Å². The third kappa shape index (κ3) is 3.72. The van der Waals surface area contributed by atoms with E-state index in [9.17, 15) is 4.39 Å². The molecule has 106 valence electrons. The number of rotatable bonds is 4. The summed E-state index contributed by atoms with van der Waals surface area (Å²) in [5, 5.41) is 3.98. The van der Waals surface area contributed by atoms with Gasteiger partial charge in [0.1, 0.15) is 5.82 Å². The lowest BCUT2D eigenvalue weighted by atomic mass is 9.98. The normalized spacial score (nSPS) is 12.4. The van der Waals surface area contributed by atoms with Crippen molar-refractivity contribution in [2.24, 2.45) is 0 Å². The van der Waals surface area contributed by atoms with E-state index in [2.05, 4.69) is 43.8 Å². The van der Waals surface area contributed by atoms with Gasteiger partial charge in [-0.2, -0.15) is 0 Å². The highest BCUT2D eigenvalue weighted by Crippen LogP contribution is 2.31.